The molecule has 0 aromatic heterocycles. The molecule has 0 bridgehead atoms. The third-order valence-corrected chi connectivity index (χ3v) is 6.94. The normalized spacial score (nSPS) is 15.9. The molecule has 9 heteroatoms. The largest absolute Gasteiger partial charge is 0.379 e. The Kier molecular flexibility index (Phi) is 8.50. The highest BCUT2D eigenvalue weighted by molar-refractivity contribution is 7.89. The van der Waals surface area contributed by atoms with Crippen molar-refractivity contribution in [1.29, 1.82) is 0 Å². The summed E-state index contributed by atoms with van der Waals surface area (Å²) in [6.07, 6.45) is 0.806. The van der Waals surface area contributed by atoms with Crippen LogP contribution in [0.15, 0.2) is 23.1 Å². The van der Waals surface area contributed by atoms with Gasteiger partial charge >= 0.3 is 0 Å². The number of hydrogen-bond donors (Lipinski definition) is 1. The molecule has 2 rings (SSSR count). The van der Waals surface area contributed by atoms with Gasteiger partial charge in [0.05, 0.1) is 28.7 Å². The molecule has 1 aromatic carbocycles. The number of hydrogen-bond acceptors (Lipinski definition) is 5. The highest BCUT2D eigenvalue weighted by atomic mass is 35.5. The maximum Gasteiger partial charge on any atom is 0.252 e. The number of carbonyl (C=O) groups excluding carboxylic acids is 1. The molecule has 1 heterocycles. The van der Waals surface area contributed by atoms with Crippen molar-refractivity contribution < 1.29 is 17.9 Å². The summed E-state index contributed by atoms with van der Waals surface area (Å²) in [5.41, 5.74) is 0.177. The molecule has 1 aliphatic rings. The van der Waals surface area contributed by atoms with Crippen molar-refractivity contribution in [3.63, 3.8) is 0 Å². The number of nitrogens with zero attached hydrogens (tertiary/aromatic N) is 2. The maximum absolute atomic E-state index is 12.7. The van der Waals surface area contributed by atoms with Gasteiger partial charge in [-0.3, -0.25) is 9.69 Å². The summed E-state index contributed by atoms with van der Waals surface area (Å²) in [7, 11) is -3.64. The predicted molar refractivity (Wildman–Crippen MR) is 106 cm³/mol. The van der Waals surface area contributed by atoms with E-state index in [0.717, 1.165) is 39.3 Å². The number of ether oxygens (including phenoxy) is 1. The molecule has 0 unspecified atom stereocenters. The van der Waals surface area contributed by atoms with Gasteiger partial charge in [-0.05, 0) is 31.2 Å². The summed E-state index contributed by atoms with van der Waals surface area (Å²) in [5, 5.41) is 3.06. The quantitative estimate of drug-likeness (QED) is 0.620. The van der Waals surface area contributed by atoms with Crippen molar-refractivity contribution in [2.45, 2.75) is 25.2 Å². The van der Waals surface area contributed by atoms with Crippen LogP contribution < -0.4 is 5.32 Å². The van der Waals surface area contributed by atoms with E-state index in [1.54, 1.807) is 13.8 Å². The Labute approximate surface area is 166 Å². The Hall–Kier alpha value is -1.19. The summed E-state index contributed by atoms with van der Waals surface area (Å²) in [6.45, 7) is 8.97. The lowest BCUT2D eigenvalue weighted by molar-refractivity contribution is 0.0374. The van der Waals surface area contributed by atoms with Crippen LogP contribution in [0.25, 0.3) is 0 Å². The Morgan fingerprint density at radius 2 is 1.93 bits per heavy atom. The van der Waals surface area contributed by atoms with E-state index in [9.17, 15) is 13.2 Å². The minimum Gasteiger partial charge on any atom is -0.379 e. The van der Waals surface area contributed by atoms with Gasteiger partial charge in [0.25, 0.3) is 5.91 Å². The van der Waals surface area contributed by atoms with Crippen LogP contribution in [0.1, 0.15) is 30.6 Å². The van der Waals surface area contributed by atoms with Gasteiger partial charge in [0.1, 0.15) is 0 Å². The molecule has 0 saturated carbocycles. The van der Waals surface area contributed by atoms with Gasteiger partial charge in [-0.2, -0.15) is 4.31 Å². The molecule has 0 radical (unpaired) electrons. The van der Waals surface area contributed by atoms with Crippen LogP contribution in [-0.2, 0) is 14.8 Å². The van der Waals surface area contributed by atoms with E-state index in [4.69, 9.17) is 16.3 Å². The fraction of sp³-hybridized carbons (Fsp3) is 0.611. The number of sulfonamides is 1. The number of morpholine rings is 1. The van der Waals surface area contributed by atoms with Crippen molar-refractivity contribution in [1.82, 2.24) is 14.5 Å². The zero-order valence-corrected chi connectivity index (χ0v) is 17.5. The fourth-order valence-electron chi connectivity index (χ4n) is 2.98. The molecule has 1 saturated heterocycles. The molecule has 7 nitrogen and oxygen atoms in total. The van der Waals surface area contributed by atoms with Crippen molar-refractivity contribution in [3.8, 4) is 0 Å². The first-order valence-electron chi connectivity index (χ1n) is 9.28. The third kappa shape index (κ3) is 5.89. The standard InChI is InChI=1S/C18H28ClN3O4S/c1-3-22(4-2)27(24,25)15-6-7-17(19)16(14-15)18(23)20-8-5-9-21-10-12-26-13-11-21/h6-7,14H,3-5,8-13H2,1-2H3,(H,20,23). The van der Waals surface area contributed by atoms with E-state index < -0.39 is 10.0 Å². The lowest BCUT2D eigenvalue weighted by Crippen LogP contribution is -2.38. The van der Waals surface area contributed by atoms with Gasteiger partial charge < -0.3 is 10.1 Å². The van der Waals surface area contributed by atoms with Crippen LogP contribution in [0.3, 0.4) is 0 Å². The number of nitrogens with one attached hydrogen (secondary N) is 1. The predicted octanol–water partition coefficient (Wildman–Crippen LogP) is 1.82. The summed E-state index contributed by atoms with van der Waals surface area (Å²) < 4.78 is 32.0. The monoisotopic (exact) mass is 417 g/mol. The number of carbonyl (C=O) groups is 1. The fourth-order valence-corrected chi connectivity index (χ4v) is 4.66. The number of halogens is 1. The molecule has 0 spiro atoms. The van der Waals surface area contributed by atoms with Gasteiger partial charge in [0.2, 0.25) is 10.0 Å². The Bertz CT molecular complexity index is 732. The van der Waals surface area contributed by atoms with Crippen LogP contribution >= 0.6 is 11.6 Å². The van der Waals surface area contributed by atoms with E-state index in [1.165, 1.54) is 22.5 Å². The van der Waals surface area contributed by atoms with Crippen LogP contribution in [0.5, 0.6) is 0 Å². The molecule has 1 fully saturated rings. The van der Waals surface area contributed by atoms with Crippen molar-refractivity contribution >= 4 is 27.5 Å². The molecular formula is C18H28ClN3O4S. The van der Waals surface area contributed by atoms with Gasteiger partial charge in [-0.25, -0.2) is 8.42 Å². The molecule has 1 aliphatic heterocycles. The molecule has 1 aromatic rings. The number of rotatable bonds is 9. The van der Waals surface area contributed by atoms with Crippen LogP contribution in [0, 0.1) is 0 Å². The van der Waals surface area contributed by atoms with Crippen molar-refractivity contribution in [2.24, 2.45) is 0 Å². The van der Waals surface area contributed by atoms with Gasteiger partial charge in [0, 0.05) is 32.7 Å². The van der Waals surface area contributed by atoms with E-state index >= 15 is 0 Å². The first-order valence-corrected chi connectivity index (χ1v) is 11.1. The smallest absolute Gasteiger partial charge is 0.252 e. The molecular weight excluding hydrogens is 390 g/mol. The Morgan fingerprint density at radius 3 is 2.56 bits per heavy atom. The highest BCUT2D eigenvalue weighted by Crippen LogP contribution is 2.23. The minimum absolute atomic E-state index is 0.0778. The van der Waals surface area contributed by atoms with Crippen molar-refractivity contribution in [3.05, 3.63) is 28.8 Å². The second kappa shape index (κ2) is 10.4. The second-order valence-corrected chi connectivity index (χ2v) is 8.64. The average Bonchev–Trinajstić information content (AvgIpc) is 2.67. The first kappa shape index (κ1) is 22.1. The average molecular weight is 418 g/mol. The third-order valence-electron chi connectivity index (χ3n) is 4.57. The van der Waals surface area contributed by atoms with Crippen molar-refractivity contribution in [2.75, 3.05) is 52.5 Å². The topological polar surface area (TPSA) is 79.0 Å². The Morgan fingerprint density at radius 1 is 1.26 bits per heavy atom. The van der Waals surface area contributed by atoms with E-state index in [0.29, 0.717) is 19.6 Å². The summed E-state index contributed by atoms with van der Waals surface area (Å²) in [4.78, 5) is 14.8. The first-order chi connectivity index (χ1) is 12.9. The van der Waals surface area contributed by atoms with E-state index in [-0.39, 0.29) is 21.4 Å². The molecule has 152 valence electrons. The number of benzene rings is 1. The summed E-state index contributed by atoms with van der Waals surface area (Å²) in [5.74, 6) is -0.362. The van der Waals surface area contributed by atoms with E-state index in [1.807, 2.05) is 0 Å². The number of amides is 1. The zero-order valence-electron chi connectivity index (χ0n) is 15.9. The lowest BCUT2D eigenvalue weighted by Gasteiger charge is -2.26. The van der Waals surface area contributed by atoms with Crippen LogP contribution in [0.4, 0.5) is 0 Å². The van der Waals surface area contributed by atoms with Crippen LogP contribution in [-0.4, -0.2) is 76.0 Å². The van der Waals surface area contributed by atoms with Gasteiger partial charge in [-0.15, -0.1) is 0 Å². The van der Waals surface area contributed by atoms with Gasteiger partial charge in [0.15, 0.2) is 0 Å². The van der Waals surface area contributed by atoms with E-state index in [2.05, 4.69) is 10.2 Å². The zero-order chi connectivity index (χ0) is 19.9. The lowest BCUT2D eigenvalue weighted by atomic mass is 10.2. The summed E-state index contributed by atoms with van der Waals surface area (Å²) >= 11 is 6.13. The molecule has 1 amide bonds. The molecule has 0 atom stereocenters. The van der Waals surface area contributed by atoms with Crippen LogP contribution in [0.2, 0.25) is 5.02 Å². The van der Waals surface area contributed by atoms with Gasteiger partial charge in [-0.1, -0.05) is 25.4 Å². The maximum atomic E-state index is 12.7. The molecule has 0 aliphatic carbocycles. The highest BCUT2D eigenvalue weighted by Gasteiger charge is 2.23. The minimum atomic E-state index is -3.64. The second-order valence-electron chi connectivity index (χ2n) is 6.29. The SMILES string of the molecule is CCN(CC)S(=O)(=O)c1ccc(Cl)c(C(=O)NCCCN2CCOCC2)c1. The molecule has 1 N–H and O–H groups in total. The Balaban J connectivity index is 1.99. The molecule has 27 heavy (non-hydrogen) atoms. The summed E-state index contributed by atoms with van der Waals surface area (Å²) in [6, 6.07) is 4.25.